The maximum Gasteiger partial charge on any atom is 0.307 e. The van der Waals surface area contributed by atoms with Crippen LogP contribution in [0.1, 0.15) is 16.9 Å². The number of benzene rings is 2. The fourth-order valence-corrected chi connectivity index (χ4v) is 2.56. The summed E-state index contributed by atoms with van der Waals surface area (Å²) in [6.45, 7) is 0. The minimum absolute atomic E-state index is 0.161. The van der Waals surface area contributed by atoms with Crippen molar-refractivity contribution < 1.29 is 14.3 Å². The summed E-state index contributed by atoms with van der Waals surface area (Å²) in [5, 5.41) is 9.41. The van der Waals surface area contributed by atoms with E-state index in [2.05, 4.69) is 0 Å². The predicted octanol–water partition coefficient (Wildman–Crippen LogP) is 3.68. The minimum atomic E-state index is -0.959. The van der Waals surface area contributed by atoms with Crippen LogP contribution in [0.3, 0.4) is 0 Å². The molecule has 0 aliphatic carbocycles. The monoisotopic (exact) mass is 320 g/mol. The molecule has 0 saturated carbocycles. The number of carbonyl (C=O) groups is 1. The number of hydrogen-bond donors (Lipinski definition) is 1. The molecule has 0 bridgehead atoms. The first kappa shape index (κ1) is 15.7. The van der Waals surface area contributed by atoms with Crippen LogP contribution in [0.5, 0.6) is 0 Å². The van der Waals surface area contributed by atoms with Gasteiger partial charge in [-0.2, -0.15) is 0 Å². The van der Waals surface area contributed by atoms with Gasteiger partial charge in [0.15, 0.2) is 5.43 Å². The molecule has 4 nitrogen and oxygen atoms in total. The van der Waals surface area contributed by atoms with Crippen molar-refractivity contribution in [1.29, 1.82) is 0 Å². The molecule has 0 spiro atoms. The third-order valence-electron chi connectivity index (χ3n) is 3.66. The molecule has 2 aromatic carbocycles. The number of aliphatic carboxylic acids is 1. The van der Waals surface area contributed by atoms with Crippen molar-refractivity contribution in [2.24, 2.45) is 0 Å². The topological polar surface area (TPSA) is 67.5 Å². The third kappa shape index (κ3) is 3.60. The molecule has 3 aromatic rings. The van der Waals surface area contributed by atoms with Gasteiger partial charge in [0.05, 0.1) is 11.8 Å². The molecule has 0 aliphatic rings. The van der Waals surface area contributed by atoms with Gasteiger partial charge in [0.25, 0.3) is 0 Å². The molecule has 3 rings (SSSR count). The lowest BCUT2D eigenvalue weighted by Gasteiger charge is -2.05. The SMILES string of the molecule is O=C(O)Cc1cccc2c(=O)cc(CC=Cc3ccccc3)oc12. The number of rotatable bonds is 5. The Labute approximate surface area is 138 Å². The summed E-state index contributed by atoms with van der Waals surface area (Å²) in [5.74, 6) is -0.447. The quantitative estimate of drug-likeness (QED) is 0.779. The summed E-state index contributed by atoms with van der Waals surface area (Å²) < 4.78 is 5.80. The molecular weight excluding hydrogens is 304 g/mol. The minimum Gasteiger partial charge on any atom is -0.481 e. The van der Waals surface area contributed by atoms with E-state index < -0.39 is 5.97 Å². The van der Waals surface area contributed by atoms with E-state index in [0.717, 1.165) is 5.56 Å². The summed E-state index contributed by atoms with van der Waals surface area (Å²) in [5.41, 5.74) is 1.76. The van der Waals surface area contributed by atoms with Crippen LogP contribution in [0.4, 0.5) is 0 Å². The van der Waals surface area contributed by atoms with Crippen LogP contribution in [0.25, 0.3) is 17.0 Å². The van der Waals surface area contributed by atoms with Crippen LogP contribution in [0.2, 0.25) is 0 Å². The highest BCUT2D eigenvalue weighted by Crippen LogP contribution is 2.19. The highest BCUT2D eigenvalue weighted by atomic mass is 16.4. The Hall–Kier alpha value is -3.14. The lowest BCUT2D eigenvalue weighted by molar-refractivity contribution is -0.136. The summed E-state index contributed by atoms with van der Waals surface area (Å²) in [4.78, 5) is 23.2. The van der Waals surface area contributed by atoms with Crippen LogP contribution < -0.4 is 5.43 Å². The zero-order chi connectivity index (χ0) is 16.9. The normalized spacial score (nSPS) is 11.2. The first-order chi connectivity index (χ1) is 11.6. The summed E-state index contributed by atoms with van der Waals surface area (Å²) >= 11 is 0. The molecule has 0 fully saturated rings. The molecule has 24 heavy (non-hydrogen) atoms. The second-order valence-corrected chi connectivity index (χ2v) is 5.46. The van der Waals surface area contributed by atoms with E-state index in [0.29, 0.717) is 28.7 Å². The van der Waals surface area contributed by atoms with Crippen LogP contribution in [-0.2, 0) is 17.6 Å². The zero-order valence-corrected chi connectivity index (χ0v) is 12.9. The van der Waals surface area contributed by atoms with Crippen molar-refractivity contribution in [2.45, 2.75) is 12.8 Å². The molecule has 120 valence electrons. The number of fused-ring (bicyclic) bond motifs is 1. The average molecular weight is 320 g/mol. The predicted molar refractivity (Wildman–Crippen MR) is 93.0 cm³/mol. The van der Waals surface area contributed by atoms with Gasteiger partial charge in [-0.3, -0.25) is 9.59 Å². The summed E-state index contributed by atoms with van der Waals surface area (Å²) in [7, 11) is 0. The molecule has 0 atom stereocenters. The van der Waals surface area contributed by atoms with Crippen LogP contribution in [0, 0.1) is 0 Å². The molecule has 1 heterocycles. The van der Waals surface area contributed by atoms with Crippen LogP contribution in [-0.4, -0.2) is 11.1 Å². The van der Waals surface area contributed by atoms with Gasteiger partial charge in [-0.15, -0.1) is 0 Å². The lowest BCUT2D eigenvalue weighted by Crippen LogP contribution is -2.06. The average Bonchev–Trinajstić information content (AvgIpc) is 2.56. The van der Waals surface area contributed by atoms with E-state index in [1.54, 1.807) is 18.2 Å². The standard InChI is InChI=1S/C20H16O4/c21-18-13-16(10-4-8-14-6-2-1-3-7-14)24-20-15(12-19(22)23)9-5-11-17(18)20/h1-9,11,13H,10,12H2,(H,22,23). The van der Waals surface area contributed by atoms with E-state index in [1.165, 1.54) is 6.07 Å². The van der Waals surface area contributed by atoms with E-state index in [9.17, 15) is 9.59 Å². The van der Waals surface area contributed by atoms with Gasteiger partial charge in [-0.05, 0) is 11.6 Å². The fourth-order valence-electron chi connectivity index (χ4n) is 2.56. The Bertz CT molecular complexity index is 952. The van der Waals surface area contributed by atoms with Crippen molar-refractivity contribution in [3.05, 3.63) is 87.8 Å². The lowest BCUT2D eigenvalue weighted by atomic mass is 10.1. The number of carboxylic acid groups (broad SMARTS) is 1. The van der Waals surface area contributed by atoms with Crippen molar-refractivity contribution in [1.82, 2.24) is 0 Å². The molecular formula is C20H16O4. The van der Waals surface area contributed by atoms with Crippen molar-refractivity contribution in [3.63, 3.8) is 0 Å². The Morgan fingerprint density at radius 2 is 1.88 bits per heavy atom. The molecule has 1 N–H and O–H groups in total. The van der Waals surface area contributed by atoms with E-state index >= 15 is 0 Å². The number of allylic oxidation sites excluding steroid dienone is 1. The number of hydrogen-bond acceptors (Lipinski definition) is 3. The van der Waals surface area contributed by atoms with E-state index in [4.69, 9.17) is 9.52 Å². The first-order valence-electron chi connectivity index (χ1n) is 7.61. The molecule has 0 radical (unpaired) electrons. The largest absolute Gasteiger partial charge is 0.481 e. The van der Waals surface area contributed by atoms with Crippen molar-refractivity contribution in [2.75, 3.05) is 0 Å². The molecule has 0 unspecified atom stereocenters. The molecule has 4 heteroatoms. The van der Waals surface area contributed by atoms with Gasteiger partial charge in [0.1, 0.15) is 11.3 Å². The van der Waals surface area contributed by atoms with Gasteiger partial charge in [-0.1, -0.05) is 54.6 Å². The second-order valence-electron chi connectivity index (χ2n) is 5.46. The van der Waals surface area contributed by atoms with Crippen LogP contribution in [0.15, 0.2) is 69.9 Å². The maximum atomic E-state index is 12.2. The second kappa shape index (κ2) is 6.96. The van der Waals surface area contributed by atoms with E-state index in [-0.39, 0.29) is 11.8 Å². The Balaban J connectivity index is 1.93. The zero-order valence-electron chi connectivity index (χ0n) is 12.9. The van der Waals surface area contributed by atoms with Gasteiger partial charge in [-0.25, -0.2) is 0 Å². The molecule has 0 saturated heterocycles. The molecule has 1 aromatic heterocycles. The fraction of sp³-hybridized carbons (Fsp3) is 0.100. The van der Waals surface area contributed by atoms with Crippen molar-refractivity contribution >= 4 is 23.0 Å². The highest BCUT2D eigenvalue weighted by molar-refractivity contribution is 5.83. The first-order valence-corrected chi connectivity index (χ1v) is 7.61. The Morgan fingerprint density at radius 3 is 2.62 bits per heavy atom. The summed E-state index contributed by atoms with van der Waals surface area (Å²) in [6.07, 6.45) is 4.15. The summed E-state index contributed by atoms with van der Waals surface area (Å²) in [6, 6.07) is 16.3. The van der Waals surface area contributed by atoms with Crippen LogP contribution >= 0.6 is 0 Å². The maximum absolute atomic E-state index is 12.2. The number of carboxylic acids is 1. The Kier molecular flexibility index (Phi) is 4.57. The van der Waals surface area contributed by atoms with Gasteiger partial charge < -0.3 is 9.52 Å². The van der Waals surface area contributed by atoms with Crippen molar-refractivity contribution in [3.8, 4) is 0 Å². The van der Waals surface area contributed by atoms with E-state index in [1.807, 2.05) is 42.5 Å². The third-order valence-corrected chi connectivity index (χ3v) is 3.66. The Morgan fingerprint density at radius 1 is 1.08 bits per heavy atom. The van der Waals surface area contributed by atoms with Gasteiger partial charge in [0, 0.05) is 18.1 Å². The highest BCUT2D eigenvalue weighted by Gasteiger charge is 2.11. The molecule has 0 aliphatic heterocycles. The molecule has 0 amide bonds. The smallest absolute Gasteiger partial charge is 0.307 e. The van der Waals surface area contributed by atoms with Gasteiger partial charge in [0.2, 0.25) is 0 Å². The number of para-hydroxylation sites is 1. The van der Waals surface area contributed by atoms with Gasteiger partial charge >= 0.3 is 5.97 Å².